The first-order valence-electron chi connectivity index (χ1n) is 16.7. The van der Waals surface area contributed by atoms with Crippen LogP contribution in [0.1, 0.15) is 37.1 Å². The van der Waals surface area contributed by atoms with Crippen molar-refractivity contribution in [2.75, 3.05) is 20.1 Å². The summed E-state index contributed by atoms with van der Waals surface area (Å²) in [5.74, 6) is 0. The zero-order chi connectivity index (χ0) is 37.7. The first-order chi connectivity index (χ1) is 26.0. The molecule has 10 nitrogen and oxygen atoms in total. The van der Waals surface area contributed by atoms with Gasteiger partial charge in [-0.25, -0.2) is 9.36 Å². The van der Waals surface area contributed by atoms with Crippen LogP contribution in [0, 0.1) is 0 Å². The summed E-state index contributed by atoms with van der Waals surface area (Å²) >= 11 is 27.9. The summed E-state index contributed by atoms with van der Waals surface area (Å²) in [4.78, 5) is 2.31. The SMILES string of the molecule is CN(CCCC=Cc1nn(-c2ccc(Cl)cc2Cl)c2c1oc1ccsc12)CCCC=Cc1nn(-c2ccc(Cl)cc2Cl)c2c1oc1cc(S(=O)(=O)O)sc12. The molecule has 1 N–H and O–H groups in total. The Morgan fingerprint density at radius 2 is 1.31 bits per heavy atom. The molecule has 0 unspecified atom stereocenters. The molecule has 0 aliphatic carbocycles. The zero-order valence-electron chi connectivity index (χ0n) is 28.3. The second kappa shape index (κ2) is 15.1. The van der Waals surface area contributed by atoms with Crippen molar-refractivity contribution in [1.29, 1.82) is 0 Å². The second-order valence-electron chi connectivity index (χ2n) is 12.6. The molecule has 6 aromatic heterocycles. The maximum atomic E-state index is 11.8. The van der Waals surface area contributed by atoms with Gasteiger partial charge in [0.25, 0.3) is 0 Å². The predicted octanol–water partition coefficient (Wildman–Crippen LogP) is 12.1. The molecule has 0 aliphatic rings. The smallest absolute Gasteiger partial charge is 0.304 e. The molecule has 17 heteroatoms. The number of hydrogen-bond donors (Lipinski definition) is 1. The summed E-state index contributed by atoms with van der Waals surface area (Å²) in [6.07, 6.45) is 11.7. The Kier molecular flexibility index (Phi) is 10.5. The fraction of sp³-hybridized carbons (Fsp3) is 0.189. The van der Waals surface area contributed by atoms with Gasteiger partial charge in [0, 0.05) is 16.1 Å². The highest BCUT2D eigenvalue weighted by atomic mass is 35.5. The van der Waals surface area contributed by atoms with Gasteiger partial charge in [-0.15, -0.1) is 22.7 Å². The summed E-state index contributed by atoms with van der Waals surface area (Å²) in [5, 5.41) is 13.5. The van der Waals surface area contributed by atoms with Gasteiger partial charge in [-0.3, -0.25) is 4.55 Å². The highest BCUT2D eigenvalue weighted by Gasteiger charge is 2.25. The zero-order valence-corrected chi connectivity index (χ0v) is 33.8. The van der Waals surface area contributed by atoms with Gasteiger partial charge in [0.05, 0.1) is 26.1 Å². The van der Waals surface area contributed by atoms with Gasteiger partial charge >= 0.3 is 10.1 Å². The van der Waals surface area contributed by atoms with E-state index >= 15 is 0 Å². The van der Waals surface area contributed by atoms with Gasteiger partial charge in [0.2, 0.25) is 0 Å². The van der Waals surface area contributed by atoms with Crippen molar-refractivity contribution in [3.8, 4) is 11.4 Å². The average Bonchev–Trinajstić information content (AvgIpc) is 3.94. The number of benzene rings is 2. The molecule has 0 amide bonds. The van der Waals surface area contributed by atoms with Crippen LogP contribution in [0.25, 0.3) is 66.3 Å². The summed E-state index contributed by atoms with van der Waals surface area (Å²) in [7, 11) is -2.29. The third-order valence-corrected chi connectivity index (χ3v) is 13.2. The molecule has 0 aliphatic heterocycles. The first kappa shape index (κ1) is 37.3. The van der Waals surface area contributed by atoms with E-state index in [1.165, 1.54) is 6.07 Å². The molecule has 8 rings (SSSR count). The standard InChI is InChI=1S/C37H29Cl4N5O5S3/c1-44(15-6-2-4-8-25-34-32(36-29(50-34)14-17-52-36)45(42-25)27-12-10-21(38)18-23(27)40)16-7-3-5-9-26-35-33(37-30(51-35)20-31(53-37)54(47,48)49)46(43-26)28-13-11-22(39)19-24(28)41/h4-5,8-14,17-20H,2-3,6-7,15-16H2,1H3,(H,47,48,49). The van der Waals surface area contributed by atoms with Crippen molar-refractivity contribution in [1.82, 2.24) is 24.5 Å². The number of aromatic nitrogens is 4. The Hall–Kier alpha value is -3.63. The van der Waals surface area contributed by atoms with Crippen LogP contribution >= 0.6 is 69.1 Å². The van der Waals surface area contributed by atoms with Crippen LogP contribution < -0.4 is 0 Å². The Bertz CT molecular complexity index is 2860. The van der Waals surface area contributed by atoms with E-state index in [1.807, 2.05) is 40.4 Å². The minimum Gasteiger partial charge on any atom is -0.451 e. The Morgan fingerprint density at radius 3 is 1.85 bits per heavy atom. The molecular weight excluding hydrogens is 832 g/mol. The predicted molar refractivity (Wildman–Crippen MR) is 221 cm³/mol. The van der Waals surface area contributed by atoms with Gasteiger partial charge in [0.15, 0.2) is 15.4 Å². The van der Waals surface area contributed by atoms with Crippen LogP contribution in [-0.2, 0) is 10.1 Å². The molecule has 0 saturated heterocycles. The number of thiophene rings is 2. The summed E-state index contributed by atoms with van der Waals surface area (Å²) in [6, 6.07) is 13.7. The normalized spacial score (nSPS) is 12.9. The third kappa shape index (κ3) is 7.25. The van der Waals surface area contributed by atoms with Crippen LogP contribution in [-0.4, -0.2) is 57.6 Å². The maximum absolute atomic E-state index is 11.8. The molecule has 0 atom stereocenters. The number of furan rings is 2. The lowest BCUT2D eigenvalue weighted by Crippen LogP contribution is -2.20. The summed E-state index contributed by atoms with van der Waals surface area (Å²) in [5.41, 5.74) is 6.41. The third-order valence-electron chi connectivity index (χ3n) is 8.80. The lowest BCUT2D eigenvalue weighted by molar-refractivity contribution is 0.327. The maximum Gasteiger partial charge on any atom is 0.304 e. The van der Waals surface area contributed by atoms with E-state index in [1.54, 1.807) is 46.4 Å². The van der Waals surface area contributed by atoms with E-state index < -0.39 is 10.1 Å². The average molecular weight is 862 g/mol. The fourth-order valence-corrected chi connectivity index (χ4v) is 9.86. The monoisotopic (exact) mass is 859 g/mol. The summed E-state index contributed by atoms with van der Waals surface area (Å²) < 4.78 is 50.3. The van der Waals surface area contributed by atoms with Gasteiger partial charge in [0.1, 0.15) is 38.3 Å². The summed E-state index contributed by atoms with van der Waals surface area (Å²) in [6.45, 7) is 1.83. The minimum atomic E-state index is -4.41. The lowest BCUT2D eigenvalue weighted by Gasteiger charge is -2.15. The van der Waals surface area contributed by atoms with Crippen molar-refractivity contribution < 1.29 is 21.8 Å². The Balaban J connectivity index is 0.895. The molecule has 0 spiro atoms. The van der Waals surface area contributed by atoms with Crippen LogP contribution in [0.3, 0.4) is 0 Å². The number of allylic oxidation sites excluding steroid dienone is 2. The molecule has 278 valence electrons. The quantitative estimate of drug-likeness (QED) is 0.0899. The fourth-order valence-electron chi connectivity index (χ4n) is 6.27. The molecule has 8 aromatic rings. The topological polar surface area (TPSA) is 120 Å². The molecule has 0 fully saturated rings. The van der Waals surface area contributed by atoms with E-state index in [4.69, 9.17) is 65.4 Å². The second-order valence-corrected chi connectivity index (χ2v) is 17.9. The Labute approximate surface area is 337 Å². The molecule has 54 heavy (non-hydrogen) atoms. The number of hydrogen-bond acceptors (Lipinski definition) is 9. The number of halogens is 4. The molecule has 0 bridgehead atoms. The molecule has 2 aromatic carbocycles. The molecule has 6 heterocycles. The highest BCUT2D eigenvalue weighted by Crippen LogP contribution is 2.41. The van der Waals surface area contributed by atoms with E-state index in [2.05, 4.69) is 18.0 Å². The van der Waals surface area contributed by atoms with Crippen molar-refractivity contribution in [2.45, 2.75) is 29.9 Å². The van der Waals surface area contributed by atoms with Gasteiger partial charge in [-0.2, -0.15) is 18.6 Å². The van der Waals surface area contributed by atoms with Gasteiger partial charge < -0.3 is 13.7 Å². The van der Waals surface area contributed by atoms with Crippen LogP contribution in [0.5, 0.6) is 0 Å². The largest absolute Gasteiger partial charge is 0.451 e. The highest BCUT2D eigenvalue weighted by molar-refractivity contribution is 7.88. The van der Waals surface area contributed by atoms with Crippen molar-refractivity contribution in [3.63, 3.8) is 0 Å². The number of fused-ring (bicyclic) bond motifs is 6. The van der Waals surface area contributed by atoms with E-state index in [-0.39, 0.29) is 4.21 Å². The van der Waals surface area contributed by atoms with E-state index in [0.29, 0.717) is 52.9 Å². The number of unbranched alkanes of at least 4 members (excludes halogenated alkanes) is 2. The molecule has 0 radical (unpaired) electrons. The number of nitrogens with zero attached hydrogens (tertiary/aromatic N) is 5. The molecule has 0 saturated carbocycles. The number of rotatable bonds is 13. The van der Waals surface area contributed by atoms with Crippen LogP contribution in [0.15, 0.2) is 79.1 Å². The first-order valence-corrected chi connectivity index (χ1v) is 21.3. The van der Waals surface area contributed by atoms with Crippen molar-refractivity contribution in [2.24, 2.45) is 0 Å². The minimum absolute atomic E-state index is 0.215. The Morgan fingerprint density at radius 1 is 0.778 bits per heavy atom. The van der Waals surface area contributed by atoms with E-state index in [9.17, 15) is 13.0 Å². The van der Waals surface area contributed by atoms with Crippen LogP contribution in [0.2, 0.25) is 20.1 Å². The lowest BCUT2D eigenvalue weighted by atomic mass is 10.2. The van der Waals surface area contributed by atoms with Gasteiger partial charge in [-0.05, 0) is 106 Å². The van der Waals surface area contributed by atoms with Gasteiger partial charge in [-0.1, -0.05) is 58.6 Å². The van der Waals surface area contributed by atoms with Crippen molar-refractivity contribution >= 4 is 134 Å². The van der Waals surface area contributed by atoms with Crippen LogP contribution in [0.4, 0.5) is 0 Å². The van der Waals surface area contributed by atoms with Crippen molar-refractivity contribution in [3.05, 3.63) is 97.5 Å². The van der Waals surface area contributed by atoms with E-state index in [0.717, 1.165) is 82.9 Å². The molecular formula is C37H29Cl4N5O5S3.